The highest BCUT2D eigenvalue weighted by Gasteiger charge is 2.04. The number of primary amides is 1. The maximum Gasteiger partial charge on any atom is 0.221 e. The summed E-state index contributed by atoms with van der Waals surface area (Å²) in [4.78, 5) is 18.5. The molecule has 0 spiro atoms. The van der Waals surface area contributed by atoms with Crippen molar-refractivity contribution < 1.29 is 4.79 Å². The monoisotopic (exact) mass is 217 g/mol. The third-order valence-corrected chi connectivity index (χ3v) is 2.46. The van der Waals surface area contributed by atoms with Gasteiger partial charge in [0.1, 0.15) is 5.82 Å². The number of hydrogen-bond donors (Lipinski definition) is 2. The van der Waals surface area contributed by atoms with Crippen LogP contribution in [0.1, 0.15) is 24.7 Å². The molecular weight excluding hydrogens is 202 g/mol. The number of imidazole rings is 1. The summed E-state index contributed by atoms with van der Waals surface area (Å²) >= 11 is 0. The number of nitrogens with zero attached hydrogens (tertiary/aromatic N) is 1. The molecule has 1 aromatic heterocycles. The molecular formula is C12H15N3O. The van der Waals surface area contributed by atoms with Gasteiger partial charge in [0.05, 0.1) is 17.5 Å². The maximum absolute atomic E-state index is 10.8. The molecule has 0 aliphatic carbocycles. The first-order valence-electron chi connectivity index (χ1n) is 5.45. The Morgan fingerprint density at radius 1 is 1.50 bits per heavy atom. The molecule has 16 heavy (non-hydrogen) atoms. The summed E-state index contributed by atoms with van der Waals surface area (Å²) in [5, 5.41) is 0. The van der Waals surface area contributed by atoms with E-state index in [0.29, 0.717) is 0 Å². The first kappa shape index (κ1) is 10.7. The molecule has 0 aliphatic rings. The van der Waals surface area contributed by atoms with Gasteiger partial charge in [-0.15, -0.1) is 0 Å². The Morgan fingerprint density at radius 3 is 3.00 bits per heavy atom. The van der Waals surface area contributed by atoms with Gasteiger partial charge >= 0.3 is 0 Å². The summed E-state index contributed by atoms with van der Waals surface area (Å²) in [6, 6.07) is 5.75. The van der Waals surface area contributed by atoms with Crippen molar-refractivity contribution in [2.45, 2.75) is 26.2 Å². The number of carbonyl (C=O) groups is 1. The minimum absolute atomic E-state index is 0.276. The third-order valence-electron chi connectivity index (χ3n) is 2.46. The molecule has 84 valence electrons. The highest BCUT2D eigenvalue weighted by atomic mass is 16.1. The molecule has 1 amide bonds. The SMILES string of the molecule is CCCc1nc2ccc(CC(N)=O)cc2[nH]1. The number of benzene rings is 1. The Kier molecular flexibility index (Phi) is 2.90. The lowest BCUT2D eigenvalue weighted by Gasteiger charge is -1.96. The van der Waals surface area contributed by atoms with Crippen LogP contribution in [-0.4, -0.2) is 15.9 Å². The standard InChI is InChI=1S/C12H15N3O/c1-2-3-12-14-9-5-4-8(7-11(13)16)6-10(9)15-12/h4-6H,2-3,7H2,1H3,(H2,13,16)(H,14,15). The number of H-pyrrole nitrogens is 1. The number of aryl methyl sites for hydroxylation is 1. The fourth-order valence-corrected chi connectivity index (χ4v) is 1.78. The van der Waals surface area contributed by atoms with E-state index in [0.717, 1.165) is 35.3 Å². The van der Waals surface area contributed by atoms with Gasteiger partial charge in [-0.3, -0.25) is 4.79 Å². The van der Waals surface area contributed by atoms with E-state index in [2.05, 4.69) is 16.9 Å². The zero-order chi connectivity index (χ0) is 11.5. The molecule has 3 N–H and O–H groups in total. The Bertz CT molecular complexity index is 516. The van der Waals surface area contributed by atoms with Crippen molar-refractivity contribution in [2.24, 2.45) is 5.73 Å². The molecule has 0 aliphatic heterocycles. The Labute approximate surface area is 93.9 Å². The van der Waals surface area contributed by atoms with Crippen LogP contribution in [0, 0.1) is 0 Å². The molecule has 0 saturated heterocycles. The van der Waals surface area contributed by atoms with Crippen LogP contribution < -0.4 is 5.73 Å². The van der Waals surface area contributed by atoms with Crippen LogP contribution in [0.2, 0.25) is 0 Å². The van der Waals surface area contributed by atoms with Crippen molar-refractivity contribution in [3.8, 4) is 0 Å². The molecule has 2 aromatic rings. The summed E-state index contributed by atoms with van der Waals surface area (Å²) in [5.41, 5.74) is 8.00. The van der Waals surface area contributed by atoms with Crippen molar-refractivity contribution in [3.63, 3.8) is 0 Å². The number of aromatic amines is 1. The fraction of sp³-hybridized carbons (Fsp3) is 0.333. The van der Waals surface area contributed by atoms with Gasteiger partial charge in [-0.1, -0.05) is 13.0 Å². The summed E-state index contributed by atoms with van der Waals surface area (Å²) in [6.45, 7) is 2.12. The molecule has 0 atom stereocenters. The van der Waals surface area contributed by atoms with Gasteiger partial charge < -0.3 is 10.7 Å². The number of aromatic nitrogens is 2. The van der Waals surface area contributed by atoms with Crippen molar-refractivity contribution in [1.29, 1.82) is 0 Å². The van der Waals surface area contributed by atoms with E-state index < -0.39 is 0 Å². The lowest BCUT2D eigenvalue weighted by Crippen LogP contribution is -2.13. The lowest BCUT2D eigenvalue weighted by molar-refractivity contribution is -0.117. The molecule has 0 saturated carbocycles. The van der Waals surface area contributed by atoms with Crippen molar-refractivity contribution in [1.82, 2.24) is 9.97 Å². The number of fused-ring (bicyclic) bond motifs is 1. The van der Waals surface area contributed by atoms with E-state index in [-0.39, 0.29) is 12.3 Å². The Hall–Kier alpha value is -1.84. The first-order chi connectivity index (χ1) is 7.69. The van der Waals surface area contributed by atoms with Crippen LogP contribution in [0.5, 0.6) is 0 Å². The molecule has 0 radical (unpaired) electrons. The predicted octanol–water partition coefficient (Wildman–Crippen LogP) is 1.54. The Balaban J connectivity index is 2.33. The summed E-state index contributed by atoms with van der Waals surface area (Å²) in [5.74, 6) is 0.682. The molecule has 1 aromatic carbocycles. The highest BCUT2D eigenvalue weighted by Crippen LogP contribution is 2.14. The van der Waals surface area contributed by atoms with Crippen LogP contribution >= 0.6 is 0 Å². The number of rotatable bonds is 4. The summed E-state index contributed by atoms with van der Waals surface area (Å²) in [7, 11) is 0. The van der Waals surface area contributed by atoms with Crippen LogP contribution in [0.4, 0.5) is 0 Å². The number of amides is 1. The molecule has 1 heterocycles. The van der Waals surface area contributed by atoms with Crippen LogP contribution in [0.25, 0.3) is 11.0 Å². The van der Waals surface area contributed by atoms with Gasteiger partial charge in [0.25, 0.3) is 0 Å². The van der Waals surface area contributed by atoms with E-state index in [1.165, 1.54) is 0 Å². The molecule has 0 unspecified atom stereocenters. The second-order valence-corrected chi connectivity index (χ2v) is 3.93. The molecule has 0 bridgehead atoms. The fourth-order valence-electron chi connectivity index (χ4n) is 1.78. The normalized spacial score (nSPS) is 10.8. The highest BCUT2D eigenvalue weighted by molar-refractivity contribution is 5.80. The van der Waals surface area contributed by atoms with Gasteiger partial charge in [-0.05, 0) is 24.1 Å². The number of hydrogen-bond acceptors (Lipinski definition) is 2. The van der Waals surface area contributed by atoms with E-state index in [1.807, 2.05) is 18.2 Å². The quantitative estimate of drug-likeness (QED) is 0.815. The maximum atomic E-state index is 10.8. The number of carbonyl (C=O) groups excluding carboxylic acids is 1. The van der Waals surface area contributed by atoms with Crippen LogP contribution in [0.3, 0.4) is 0 Å². The summed E-state index contributed by atoms with van der Waals surface area (Å²) < 4.78 is 0. The zero-order valence-corrected chi connectivity index (χ0v) is 9.29. The minimum Gasteiger partial charge on any atom is -0.369 e. The smallest absolute Gasteiger partial charge is 0.221 e. The van der Waals surface area contributed by atoms with Crippen molar-refractivity contribution >= 4 is 16.9 Å². The number of nitrogens with two attached hydrogens (primary N) is 1. The van der Waals surface area contributed by atoms with Gasteiger partial charge in [0.15, 0.2) is 0 Å². The van der Waals surface area contributed by atoms with Crippen molar-refractivity contribution in [2.75, 3.05) is 0 Å². The van der Waals surface area contributed by atoms with Crippen LogP contribution in [-0.2, 0) is 17.6 Å². The minimum atomic E-state index is -0.312. The summed E-state index contributed by atoms with van der Waals surface area (Å²) in [6.07, 6.45) is 2.28. The molecule has 2 rings (SSSR count). The zero-order valence-electron chi connectivity index (χ0n) is 9.29. The lowest BCUT2D eigenvalue weighted by atomic mass is 10.1. The average Bonchev–Trinajstić information content (AvgIpc) is 2.59. The van der Waals surface area contributed by atoms with E-state index in [1.54, 1.807) is 0 Å². The molecule has 0 fully saturated rings. The predicted molar refractivity (Wildman–Crippen MR) is 63.0 cm³/mol. The van der Waals surface area contributed by atoms with Crippen LogP contribution in [0.15, 0.2) is 18.2 Å². The van der Waals surface area contributed by atoms with E-state index in [9.17, 15) is 4.79 Å². The Morgan fingerprint density at radius 2 is 2.31 bits per heavy atom. The molecule has 4 heteroatoms. The molecule has 4 nitrogen and oxygen atoms in total. The number of nitrogens with one attached hydrogen (secondary N) is 1. The first-order valence-corrected chi connectivity index (χ1v) is 5.45. The van der Waals surface area contributed by atoms with Gasteiger partial charge in [-0.25, -0.2) is 4.98 Å². The topological polar surface area (TPSA) is 71.8 Å². The average molecular weight is 217 g/mol. The second kappa shape index (κ2) is 4.35. The third kappa shape index (κ3) is 2.21. The van der Waals surface area contributed by atoms with Gasteiger partial charge in [-0.2, -0.15) is 0 Å². The van der Waals surface area contributed by atoms with E-state index in [4.69, 9.17) is 5.73 Å². The van der Waals surface area contributed by atoms with E-state index >= 15 is 0 Å². The van der Waals surface area contributed by atoms with Crippen molar-refractivity contribution in [3.05, 3.63) is 29.6 Å². The van der Waals surface area contributed by atoms with Gasteiger partial charge in [0.2, 0.25) is 5.91 Å². The largest absolute Gasteiger partial charge is 0.369 e. The van der Waals surface area contributed by atoms with Gasteiger partial charge in [0, 0.05) is 6.42 Å². The second-order valence-electron chi connectivity index (χ2n) is 3.93.